The van der Waals surface area contributed by atoms with Crippen LogP contribution >= 0.6 is 0 Å². The second-order valence-corrected chi connectivity index (χ2v) is 19.1. The van der Waals surface area contributed by atoms with Gasteiger partial charge in [0, 0.05) is 12.5 Å². The zero-order valence-electron chi connectivity index (χ0n) is 43.9. The van der Waals surface area contributed by atoms with Gasteiger partial charge in [-0.05, 0) is 57.8 Å². The Morgan fingerprint density at radius 2 is 0.931 bits per heavy atom. The number of hydrogen-bond donors (Lipinski definition) is 7. The number of carbonyl (C=O) groups excluding carboxylic acids is 2. The maximum Gasteiger partial charge on any atom is 0.331 e. The van der Waals surface area contributed by atoms with Crippen LogP contribution in [0, 0.1) is 0 Å². The van der Waals surface area contributed by atoms with E-state index < -0.39 is 99.3 Å². The number of unbranched alkanes of at least 4 members (excludes halogenated alkanes) is 19. The monoisotopic (exact) mass is 1020 g/mol. The summed E-state index contributed by atoms with van der Waals surface area (Å²) in [5, 5.41) is 72.1. The fourth-order valence-electron chi connectivity index (χ4n) is 8.23. The van der Waals surface area contributed by atoms with E-state index in [0.29, 0.717) is 12.8 Å². The number of allylic oxidation sites excluding steroid dienone is 11. The van der Waals surface area contributed by atoms with E-state index in [1.807, 2.05) is 12.2 Å². The summed E-state index contributed by atoms with van der Waals surface area (Å²) in [4.78, 5) is 25.7. The number of esters is 2. The number of carbonyl (C=O) groups is 2. The van der Waals surface area contributed by atoms with Crippen molar-refractivity contribution in [3.8, 4) is 0 Å². The highest BCUT2D eigenvalue weighted by Crippen LogP contribution is 2.26. The lowest BCUT2D eigenvalue weighted by molar-refractivity contribution is -0.332. The van der Waals surface area contributed by atoms with Gasteiger partial charge in [-0.2, -0.15) is 0 Å². The first-order valence-corrected chi connectivity index (χ1v) is 27.6. The molecule has 2 rings (SSSR count). The third-order valence-electron chi connectivity index (χ3n) is 12.8. The van der Waals surface area contributed by atoms with Gasteiger partial charge < -0.3 is 64.2 Å². The predicted octanol–water partition coefficient (Wildman–Crippen LogP) is 8.60. The molecule has 2 heterocycles. The normalized spacial score (nSPS) is 25.6. The Morgan fingerprint density at radius 1 is 0.486 bits per heavy atom. The van der Waals surface area contributed by atoms with Crippen molar-refractivity contribution >= 4 is 11.9 Å². The van der Waals surface area contributed by atoms with Crippen LogP contribution in [0.25, 0.3) is 0 Å². The van der Waals surface area contributed by atoms with Gasteiger partial charge in [-0.3, -0.25) is 4.79 Å². The first-order valence-electron chi connectivity index (χ1n) is 27.6. The average molecular weight is 1020 g/mol. The minimum absolute atomic E-state index is 0.120. The van der Waals surface area contributed by atoms with Crippen LogP contribution in [0.2, 0.25) is 0 Å². The first kappa shape index (κ1) is 65.1. The second-order valence-electron chi connectivity index (χ2n) is 19.1. The SMILES string of the molecule is CCCCCCCCC/C=C/C/C=C/C/C=C/C/C=C/CCCC(=O)OC[C@@H](CO[C@@H]1O[C@H](CO[C@@H]2O[C@H](CO)[C@H](O)C(O)C2O)[C@H](O)C(O)C1O)OC(=O)/C=C/C=C/CCCCCCCCCCCCC. The lowest BCUT2D eigenvalue weighted by Gasteiger charge is -2.42. The maximum atomic E-state index is 12.9. The summed E-state index contributed by atoms with van der Waals surface area (Å²) >= 11 is 0. The minimum Gasteiger partial charge on any atom is -0.462 e. The minimum atomic E-state index is -1.79. The van der Waals surface area contributed by atoms with Crippen LogP contribution in [0.15, 0.2) is 72.9 Å². The summed E-state index contributed by atoms with van der Waals surface area (Å²) in [5.41, 5.74) is 0. The van der Waals surface area contributed by atoms with Crippen molar-refractivity contribution in [1.82, 2.24) is 0 Å². The molecule has 11 atom stereocenters. The fourth-order valence-corrected chi connectivity index (χ4v) is 8.23. The quantitative estimate of drug-likeness (QED) is 0.00998. The summed E-state index contributed by atoms with van der Waals surface area (Å²) < 4.78 is 33.3. The molecule has 2 aliphatic heterocycles. The summed E-state index contributed by atoms with van der Waals surface area (Å²) in [5.74, 6) is -1.25. The highest BCUT2D eigenvalue weighted by Gasteiger charge is 2.47. The summed E-state index contributed by atoms with van der Waals surface area (Å²) in [6, 6.07) is 0. The number of hydrogen-bond acceptors (Lipinski definition) is 15. The van der Waals surface area contributed by atoms with E-state index >= 15 is 0 Å². The topological polar surface area (TPSA) is 231 Å². The third kappa shape index (κ3) is 30.3. The second kappa shape index (κ2) is 43.2. The van der Waals surface area contributed by atoms with Crippen molar-refractivity contribution in [3.63, 3.8) is 0 Å². The van der Waals surface area contributed by atoms with Gasteiger partial charge in [-0.25, -0.2) is 4.79 Å². The van der Waals surface area contributed by atoms with E-state index in [0.717, 1.165) is 44.9 Å². The molecule has 0 aromatic heterocycles. The van der Waals surface area contributed by atoms with Crippen LogP contribution in [0.1, 0.15) is 181 Å². The van der Waals surface area contributed by atoms with Crippen molar-refractivity contribution in [2.24, 2.45) is 0 Å². The van der Waals surface area contributed by atoms with Crippen LogP contribution in [0.5, 0.6) is 0 Å². The number of aliphatic hydroxyl groups is 7. The Bertz CT molecular complexity index is 1530. The van der Waals surface area contributed by atoms with Crippen LogP contribution in [-0.2, 0) is 38.0 Å². The number of rotatable bonds is 42. The molecule has 0 aromatic rings. The first-order chi connectivity index (χ1) is 35.0. The lowest BCUT2D eigenvalue weighted by atomic mass is 9.98. The molecular weight excluding hydrogens is 925 g/mol. The van der Waals surface area contributed by atoms with E-state index in [4.69, 9.17) is 28.4 Å². The molecule has 7 N–H and O–H groups in total. The molecule has 0 amide bonds. The fraction of sp³-hybridized carbons (Fsp3) is 0.754. The van der Waals surface area contributed by atoms with Gasteiger partial charge in [-0.15, -0.1) is 0 Å². The number of ether oxygens (including phenoxy) is 6. The van der Waals surface area contributed by atoms with Crippen molar-refractivity contribution in [2.45, 2.75) is 248 Å². The highest BCUT2D eigenvalue weighted by molar-refractivity contribution is 5.82. The Labute approximate surface area is 432 Å². The molecule has 15 nitrogen and oxygen atoms in total. The predicted molar refractivity (Wildman–Crippen MR) is 279 cm³/mol. The van der Waals surface area contributed by atoms with Crippen molar-refractivity contribution in [1.29, 1.82) is 0 Å². The Kier molecular flexibility index (Phi) is 39.0. The smallest absolute Gasteiger partial charge is 0.331 e. The molecule has 15 heteroatoms. The van der Waals surface area contributed by atoms with Crippen LogP contribution in [0.4, 0.5) is 0 Å². The van der Waals surface area contributed by atoms with Gasteiger partial charge in [-0.1, -0.05) is 183 Å². The third-order valence-corrected chi connectivity index (χ3v) is 12.8. The van der Waals surface area contributed by atoms with Gasteiger partial charge >= 0.3 is 11.9 Å². The molecule has 2 aliphatic rings. The molecule has 0 spiro atoms. The summed E-state index contributed by atoms with van der Waals surface area (Å²) in [6.45, 7) is 2.41. The van der Waals surface area contributed by atoms with Crippen molar-refractivity contribution in [2.75, 3.05) is 26.4 Å². The Hall–Kier alpha value is -3.06. The van der Waals surface area contributed by atoms with E-state index in [1.165, 1.54) is 109 Å². The van der Waals surface area contributed by atoms with E-state index in [-0.39, 0.29) is 13.0 Å². The molecular formula is C57H96O15. The number of aliphatic hydroxyl groups excluding tert-OH is 7. The highest BCUT2D eigenvalue weighted by atomic mass is 16.7. The van der Waals surface area contributed by atoms with Gasteiger partial charge in [0.1, 0.15) is 55.4 Å². The molecule has 72 heavy (non-hydrogen) atoms. The standard InChI is InChI=1S/C57H96O15/c1-3-5-7-9-11-13-15-17-19-20-21-22-23-24-26-27-29-31-33-35-37-39-48(59)67-42-45(70-49(60)40-38-36-34-32-30-28-25-18-16-14-12-10-8-6-4-2)43-68-56-55(66)53(64)51(62)47(72-56)44-69-57-54(65)52(63)50(61)46(41-58)71-57/h19-20,22-23,26-27,31,33-34,36,38,40,45-47,50-58,61-66H,3-18,21,24-25,28-30,32,35,37,39,41-44H2,1-2H3/b20-19+,23-22+,27-26+,33-31+,36-34+,40-38+/t45-,46+,47+,50-,51-,52?,53?,54?,55?,56+,57+/m0/s1. The molecule has 0 aromatic carbocycles. The summed E-state index contributed by atoms with van der Waals surface area (Å²) in [6.07, 6.45) is 35.7. The summed E-state index contributed by atoms with van der Waals surface area (Å²) in [7, 11) is 0. The van der Waals surface area contributed by atoms with Crippen LogP contribution < -0.4 is 0 Å². The van der Waals surface area contributed by atoms with E-state index in [1.54, 1.807) is 12.2 Å². The molecule has 414 valence electrons. The molecule has 4 unspecified atom stereocenters. The zero-order valence-corrected chi connectivity index (χ0v) is 43.9. The van der Waals surface area contributed by atoms with Gasteiger partial charge in [0.05, 0.1) is 19.8 Å². The van der Waals surface area contributed by atoms with Crippen molar-refractivity contribution in [3.05, 3.63) is 72.9 Å². The molecule has 2 saturated heterocycles. The maximum absolute atomic E-state index is 12.9. The lowest BCUT2D eigenvalue weighted by Crippen LogP contribution is -2.61. The van der Waals surface area contributed by atoms with Gasteiger partial charge in [0.25, 0.3) is 0 Å². The van der Waals surface area contributed by atoms with E-state index in [9.17, 15) is 45.3 Å². The molecule has 0 bridgehead atoms. The molecule has 2 fully saturated rings. The molecule has 0 saturated carbocycles. The Balaban J connectivity index is 1.83. The van der Waals surface area contributed by atoms with Gasteiger partial charge in [0.15, 0.2) is 18.7 Å². The van der Waals surface area contributed by atoms with Crippen LogP contribution in [0.3, 0.4) is 0 Å². The molecule has 0 radical (unpaired) electrons. The molecule has 0 aliphatic carbocycles. The zero-order chi connectivity index (χ0) is 52.4. The van der Waals surface area contributed by atoms with Gasteiger partial charge in [0.2, 0.25) is 0 Å². The van der Waals surface area contributed by atoms with E-state index in [2.05, 4.69) is 56.4 Å². The largest absolute Gasteiger partial charge is 0.462 e. The average Bonchev–Trinajstić information content (AvgIpc) is 3.37. The van der Waals surface area contributed by atoms with Crippen LogP contribution in [-0.4, -0.2) is 142 Å². The van der Waals surface area contributed by atoms with Crippen molar-refractivity contribution < 1.29 is 73.8 Å². The Morgan fingerprint density at radius 3 is 1.46 bits per heavy atom.